The Hall–Kier alpha value is -2.22. The molecule has 0 N–H and O–H groups in total. The molecule has 294 valence electrons. The molecule has 0 spiro atoms. The quantitative estimate of drug-likeness (QED) is 0.0849. The van der Waals surface area contributed by atoms with E-state index in [0.717, 1.165) is 22.4 Å². The van der Waals surface area contributed by atoms with E-state index in [-0.39, 0.29) is 0 Å². The van der Waals surface area contributed by atoms with Gasteiger partial charge in [-0.05, 0) is 97.3 Å². The van der Waals surface area contributed by atoms with E-state index < -0.39 is 20.8 Å². The molecule has 0 amide bonds. The first kappa shape index (κ1) is 44.9. The Bertz CT molecular complexity index is 1890. The zero-order valence-electron chi connectivity index (χ0n) is 35.0. The van der Waals surface area contributed by atoms with Crippen LogP contribution in [0.5, 0.6) is 0 Å². The van der Waals surface area contributed by atoms with E-state index in [4.69, 9.17) is 17.0 Å². The van der Waals surface area contributed by atoms with Crippen molar-refractivity contribution in [2.75, 3.05) is 0 Å². The van der Waals surface area contributed by atoms with Gasteiger partial charge in [0.15, 0.2) is 0 Å². The van der Waals surface area contributed by atoms with E-state index in [2.05, 4.69) is 150 Å². The molecular weight excluding hydrogens is 815 g/mol. The van der Waals surface area contributed by atoms with Crippen molar-refractivity contribution in [3.8, 4) is 22.3 Å². The van der Waals surface area contributed by atoms with Gasteiger partial charge in [-0.2, -0.15) is 12.1 Å². The van der Waals surface area contributed by atoms with Gasteiger partial charge >= 0.3 is 37.9 Å². The Morgan fingerprint density at radius 3 is 1.21 bits per heavy atom. The third-order valence-electron chi connectivity index (χ3n) is 12.5. The average Bonchev–Trinajstić information content (AvgIpc) is 3.80. The molecular formula is C52H64Cl2SiZr. The molecule has 2 fully saturated rings. The van der Waals surface area contributed by atoms with E-state index >= 15 is 0 Å². The van der Waals surface area contributed by atoms with Gasteiger partial charge in [0.1, 0.15) is 0 Å². The fraction of sp³-hybridized carbons (Fsp3) is 0.423. The number of fused-ring (bicyclic) bond motifs is 2. The molecule has 0 unspecified atom stereocenters. The Morgan fingerprint density at radius 2 is 0.929 bits per heavy atom. The fourth-order valence-electron chi connectivity index (χ4n) is 9.45. The van der Waals surface area contributed by atoms with Gasteiger partial charge in [0.25, 0.3) is 0 Å². The molecule has 2 aliphatic carbocycles. The summed E-state index contributed by atoms with van der Waals surface area (Å²) in [5.41, 5.74) is 12.5. The zero-order valence-corrected chi connectivity index (χ0v) is 40.0. The van der Waals surface area contributed by atoms with Crippen molar-refractivity contribution in [2.45, 2.75) is 131 Å². The second-order valence-corrected chi connectivity index (χ2v) is 21.3. The van der Waals surface area contributed by atoms with Gasteiger partial charge in [-0.25, -0.2) is 0 Å². The van der Waals surface area contributed by atoms with E-state index in [0.29, 0.717) is 10.8 Å². The third-order valence-corrected chi connectivity index (χ3v) is 12.5. The van der Waals surface area contributed by atoms with Gasteiger partial charge in [0, 0.05) is 9.52 Å². The van der Waals surface area contributed by atoms with Crippen molar-refractivity contribution in [3.05, 3.63) is 131 Å². The summed E-state index contributed by atoms with van der Waals surface area (Å²) >= 11 is -0.826. The first-order valence-corrected chi connectivity index (χ1v) is 29.7. The minimum absolute atomic E-state index is 0.599. The van der Waals surface area contributed by atoms with Gasteiger partial charge in [-0.3, -0.25) is 0 Å². The number of hydrogen-bond acceptors (Lipinski definition) is 0. The second kappa shape index (κ2) is 22.2. The summed E-state index contributed by atoms with van der Waals surface area (Å²) in [6.07, 6.45) is 18.7. The van der Waals surface area contributed by atoms with E-state index in [1.807, 2.05) is 0 Å². The third kappa shape index (κ3) is 11.5. The van der Waals surface area contributed by atoms with Crippen molar-refractivity contribution in [1.29, 1.82) is 0 Å². The maximum absolute atomic E-state index is 4.93. The summed E-state index contributed by atoms with van der Waals surface area (Å²) in [5.74, 6) is 0. The van der Waals surface area contributed by atoms with Crippen LogP contribution < -0.4 is 0 Å². The summed E-state index contributed by atoms with van der Waals surface area (Å²) in [5, 5.41) is 5.65. The van der Waals surface area contributed by atoms with Crippen molar-refractivity contribution < 1.29 is 20.8 Å². The molecule has 2 radical (unpaired) electrons. The Balaban J connectivity index is 0.000000188. The molecule has 6 aromatic rings. The molecule has 0 heterocycles. The van der Waals surface area contributed by atoms with E-state index in [1.54, 1.807) is 11.1 Å². The van der Waals surface area contributed by atoms with Crippen LogP contribution in [0.3, 0.4) is 0 Å². The molecule has 0 aromatic heterocycles. The number of hydrogen-bond donors (Lipinski definition) is 0. The zero-order chi connectivity index (χ0) is 40.0. The molecule has 0 bridgehead atoms. The summed E-state index contributed by atoms with van der Waals surface area (Å²) in [6.45, 7) is 13.4. The normalized spacial score (nSPS) is 14.9. The van der Waals surface area contributed by atoms with Crippen LogP contribution in [-0.2, 0) is 46.5 Å². The van der Waals surface area contributed by atoms with Crippen molar-refractivity contribution >= 4 is 48.1 Å². The van der Waals surface area contributed by atoms with Gasteiger partial charge in [0.05, 0.1) is 0 Å². The predicted octanol–water partition coefficient (Wildman–Crippen LogP) is 16.8. The van der Waals surface area contributed by atoms with Gasteiger partial charge in [0.2, 0.25) is 0 Å². The van der Waals surface area contributed by atoms with Crippen LogP contribution >= 0.6 is 17.0 Å². The summed E-state index contributed by atoms with van der Waals surface area (Å²) in [6, 6.07) is 41.5. The molecule has 8 rings (SSSR count). The van der Waals surface area contributed by atoms with Gasteiger partial charge < -0.3 is 0 Å². The van der Waals surface area contributed by atoms with Crippen molar-refractivity contribution in [1.82, 2.24) is 0 Å². The average molecular weight is 879 g/mol. The molecule has 0 saturated heterocycles. The van der Waals surface area contributed by atoms with Gasteiger partial charge in [-0.15, -0.1) is 69.1 Å². The fourth-order valence-corrected chi connectivity index (χ4v) is 9.45. The number of rotatable bonds is 12. The summed E-state index contributed by atoms with van der Waals surface area (Å²) in [4.78, 5) is 0. The van der Waals surface area contributed by atoms with Crippen LogP contribution in [0.2, 0.25) is 13.1 Å². The van der Waals surface area contributed by atoms with Crippen molar-refractivity contribution in [3.63, 3.8) is 0 Å². The van der Waals surface area contributed by atoms with E-state index in [1.165, 1.54) is 132 Å². The predicted molar refractivity (Wildman–Crippen MR) is 248 cm³/mol. The van der Waals surface area contributed by atoms with Gasteiger partial charge in [-0.1, -0.05) is 138 Å². The molecule has 56 heavy (non-hydrogen) atoms. The van der Waals surface area contributed by atoms with Crippen LogP contribution in [0, 0.1) is 10.8 Å². The van der Waals surface area contributed by atoms with Crippen LogP contribution in [0.4, 0.5) is 0 Å². The van der Waals surface area contributed by atoms with E-state index in [9.17, 15) is 0 Å². The maximum atomic E-state index is 4.93. The first-order chi connectivity index (χ1) is 27.3. The number of benzene rings is 4. The molecule has 0 atom stereocenters. The molecule has 6 aromatic carbocycles. The molecule has 2 saturated carbocycles. The number of aryl methyl sites for hydroxylation is 2. The Kier molecular flexibility index (Phi) is 17.8. The SMILES string of the molecule is CCCC1(Cc2cc3c(-c4ccc(CC)cc4)cccc3[cH-]2)CCC1.CCCC1(Cc2cc3c(-c4ccc(CC)cc4)cccc3[cH-]2)CCC1.C[Si]C.[Cl][Zr+2][Cl]. The summed E-state index contributed by atoms with van der Waals surface area (Å²) < 4.78 is 0. The summed E-state index contributed by atoms with van der Waals surface area (Å²) in [7, 11) is 11.0. The van der Waals surface area contributed by atoms with Crippen LogP contribution in [-0.4, -0.2) is 9.52 Å². The van der Waals surface area contributed by atoms with Crippen LogP contribution in [0.15, 0.2) is 109 Å². The second-order valence-electron chi connectivity index (χ2n) is 16.6. The van der Waals surface area contributed by atoms with Crippen molar-refractivity contribution in [2.24, 2.45) is 10.8 Å². The first-order valence-electron chi connectivity index (χ1n) is 21.4. The molecule has 4 heteroatoms. The number of halogens is 2. The topological polar surface area (TPSA) is 0 Å². The minimum atomic E-state index is -0.826. The molecule has 2 aliphatic rings. The standard InChI is InChI=1S/2C25H29.C2H6Si.2ClH.Zr/c2*1-3-13-25(14-6-15-25)18-20-16-22-7-5-8-23(24(22)17-20)21-11-9-19(4-2)10-12-21;1-3-2;;;/h2*5,7-12,16-17H,3-4,6,13-15,18H2,1-2H3;1-2H3;2*1H;/q2*-1;;;;+4/p-2. The Labute approximate surface area is 361 Å². The molecule has 0 nitrogen and oxygen atoms in total. The monoisotopic (exact) mass is 876 g/mol. The van der Waals surface area contributed by atoms with Crippen LogP contribution in [0.1, 0.15) is 114 Å². The Morgan fingerprint density at radius 1 is 0.571 bits per heavy atom. The molecule has 0 aliphatic heterocycles. The van der Waals surface area contributed by atoms with Crippen LogP contribution in [0.25, 0.3) is 43.8 Å².